The summed E-state index contributed by atoms with van der Waals surface area (Å²) in [4.78, 5) is 58.7. The number of likely N-dealkylation sites (tertiary alicyclic amines) is 1. The number of nitrogens with zero attached hydrogens (tertiary/aromatic N) is 6. The lowest BCUT2D eigenvalue weighted by Gasteiger charge is -2.39. The van der Waals surface area contributed by atoms with Gasteiger partial charge < -0.3 is 30.6 Å². The second-order valence-electron chi connectivity index (χ2n) is 13.5. The molecule has 0 atom stereocenters. The summed E-state index contributed by atoms with van der Waals surface area (Å²) in [5.74, 6) is -0.838. The van der Waals surface area contributed by atoms with Crippen molar-refractivity contribution in [2.75, 3.05) is 45.6 Å². The molecule has 0 unspecified atom stereocenters. The van der Waals surface area contributed by atoms with Crippen molar-refractivity contribution in [3.63, 3.8) is 0 Å². The Morgan fingerprint density at radius 3 is 2.37 bits per heavy atom. The number of amides is 3. The lowest BCUT2D eigenvalue weighted by molar-refractivity contribution is -0.137. The van der Waals surface area contributed by atoms with E-state index in [1.165, 1.54) is 25.3 Å². The number of anilines is 1. The van der Waals surface area contributed by atoms with Gasteiger partial charge in [0.25, 0.3) is 11.5 Å². The molecule has 54 heavy (non-hydrogen) atoms. The zero-order valence-electron chi connectivity index (χ0n) is 30.4. The van der Waals surface area contributed by atoms with E-state index in [0.717, 1.165) is 35.0 Å². The first-order valence-corrected chi connectivity index (χ1v) is 17.7. The summed E-state index contributed by atoms with van der Waals surface area (Å²) >= 11 is 6.10. The van der Waals surface area contributed by atoms with Crippen molar-refractivity contribution in [3.8, 4) is 5.75 Å². The number of piperidine rings is 1. The molecule has 1 saturated heterocycles. The van der Waals surface area contributed by atoms with Gasteiger partial charge in [-0.05, 0) is 75.1 Å². The zero-order chi connectivity index (χ0) is 39.4. The number of nitrogens with one attached hydrogen (secondary N) is 3. The number of hydrogen-bond donors (Lipinski definition) is 4. The summed E-state index contributed by atoms with van der Waals surface area (Å²) in [5, 5.41) is 22.9. The Bertz CT molecular complexity index is 2060. The van der Waals surface area contributed by atoms with Crippen LogP contribution < -0.4 is 16.2 Å². The number of hydrogen-bond acceptors (Lipinski definition) is 8. The van der Waals surface area contributed by atoms with E-state index in [9.17, 15) is 37.5 Å². The molecule has 1 spiro atoms. The van der Waals surface area contributed by atoms with Gasteiger partial charge in [-0.25, -0.2) is 9.67 Å². The van der Waals surface area contributed by atoms with Gasteiger partial charge in [0.1, 0.15) is 12.3 Å². The lowest BCUT2D eigenvalue weighted by Crippen LogP contribution is -2.47. The van der Waals surface area contributed by atoms with Crippen molar-refractivity contribution in [1.29, 1.82) is 0 Å². The SMILES string of the molecule is CN1CC=C(c2nn(CC(=O)Nc3ccc(C(F)(F)F)cc3Cl)c(=O)c3c([nH]n2C)CCC32CCN(C(=O)c3ncccc3O)CC2)CC1.CNC(C)=O. The highest BCUT2D eigenvalue weighted by Gasteiger charge is 2.45. The average molecular weight is 774 g/mol. The third kappa shape index (κ3) is 8.95. The van der Waals surface area contributed by atoms with Gasteiger partial charge in [0, 0.05) is 70.1 Å². The van der Waals surface area contributed by atoms with Crippen LogP contribution in [0.4, 0.5) is 18.9 Å². The van der Waals surface area contributed by atoms with Crippen LogP contribution in [0.3, 0.4) is 0 Å². The monoisotopic (exact) mass is 773 g/mol. The number of pyridine rings is 1. The first-order chi connectivity index (χ1) is 25.5. The number of likely N-dealkylation sites (N-methyl/N-ethyl adjacent to an activating group) is 1. The topological polar surface area (TPSA) is 170 Å². The Hall–Kier alpha value is -5.16. The summed E-state index contributed by atoms with van der Waals surface area (Å²) in [6, 6.07) is 5.56. The van der Waals surface area contributed by atoms with E-state index in [4.69, 9.17) is 16.7 Å². The molecule has 0 saturated carbocycles. The molecule has 2 aromatic heterocycles. The summed E-state index contributed by atoms with van der Waals surface area (Å²) in [5.41, 5.74) is -0.0537. The number of aromatic nitrogens is 5. The van der Waals surface area contributed by atoms with Gasteiger partial charge in [-0.2, -0.15) is 13.2 Å². The molecule has 0 bridgehead atoms. The number of alkyl halides is 3. The quantitative estimate of drug-likeness (QED) is 0.301. The van der Waals surface area contributed by atoms with E-state index in [1.54, 1.807) is 23.7 Å². The van der Waals surface area contributed by atoms with E-state index in [1.807, 2.05) is 13.1 Å². The van der Waals surface area contributed by atoms with Crippen LogP contribution in [0.25, 0.3) is 5.57 Å². The summed E-state index contributed by atoms with van der Waals surface area (Å²) < 4.78 is 42.4. The minimum Gasteiger partial charge on any atom is -0.505 e. The van der Waals surface area contributed by atoms with Crippen LogP contribution in [0.1, 0.15) is 65.7 Å². The molecule has 3 amide bonds. The van der Waals surface area contributed by atoms with E-state index in [-0.39, 0.29) is 28.1 Å². The molecule has 290 valence electrons. The van der Waals surface area contributed by atoms with E-state index >= 15 is 0 Å². The molecule has 4 heterocycles. The Morgan fingerprint density at radius 2 is 1.78 bits per heavy atom. The van der Waals surface area contributed by atoms with Gasteiger partial charge in [-0.15, -0.1) is 5.10 Å². The number of aromatic amines is 1. The Morgan fingerprint density at radius 1 is 1.07 bits per heavy atom. The first-order valence-electron chi connectivity index (χ1n) is 17.3. The molecule has 1 fully saturated rings. The normalized spacial score (nSPS) is 16.4. The largest absolute Gasteiger partial charge is 0.505 e. The number of aromatic hydroxyl groups is 1. The van der Waals surface area contributed by atoms with Crippen molar-refractivity contribution < 1.29 is 32.7 Å². The van der Waals surface area contributed by atoms with Gasteiger partial charge in [0.05, 0.1) is 16.3 Å². The number of rotatable bonds is 5. The second kappa shape index (κ2) is 16.5. The van der Waals surface area contributed by atoms with Crippen LogP contribution in [0.15, 0.2) is 47.4 Å². The van der Waals surface area contributed by atoms with Gasteiger partial charge >= 0.3 is 6.18 Å². The minimum atomic E-state index is -4.61. The number of aryl methyl sites for hydroxylation is 2. The van der Waals surface area contributed by atoms with Crippen LogP contribution in [-0.2, 0) is 41.2 Å². The number of carbonyl (C=O) groups excluding carboxylic acids is 3. The van der Waals surface area contributed by atoms with Crippen LogP contribution in [-0.4, -0.2) is 97.4 Å². The van der Waals surface area contributed by atoms with Crippen molar-refractivity contribution in [2.24, 2.45) is 7.05 Å². The maximum atomic E-state index is 14.6. The Kier molecular flexibility index (Phi) is 12.2. The molecule has 4 N–H and O–H groups in total. The second-order valence-corrected chi connectivity index (χ2v) is 14.0. The summed E-state index contributed by atoms with van der Waals surface area (Å²) in [6.07, 6.45) is 1.60. The fourth-order valence-electron chi connectivity index (χ4n) is 6.84. The van der Waals surface area contributed by atoms with E-state index in [2.05, 4.69) is 25.6 Å². The standard InChI is InChI=1S/C33H36ClF3N8O4.C3H7NO/c1-42-14-8-20(9-15-42)29-41-45(19-26(47)39-23-6-5-21(18-22(23)34)33(35,36)37)30(48)27-24(40-43(29)2)7-10-32(27)11-16-44(17-12-32)31(49)28-25(46)4-3-13-38-28;1-3(5)4-2/h3-6,8,13,18,40,46H,7,9-12,14-17,19H2,1-2H3,(H,39,47);1-2H3,(H,4,5). The molecular weight excluding hydrogens is 731 g/mol. The number of benzene rings is 1. The highest BCUT2D eigenvalue weighted by Crippen LogP contribution is 2.44. The van der Waals surface area contributed by atoms with E-state index < -0.39 is 41.1 Å². The van der Waals surface area contributed by atoms with Crippen LogP contribution in [0.5, 0.6) is 5.75 Å². The molecule has 1 aromatic carbocycles. The number of fused-ring (bicyclic) bond motifs is 2. The molecule has 14 nitrogen and oxygen atoms in total. The van der Waals surface area contributed by atoms with Gasteiger partial charge in [0.2, 0.25) is 11.8 Å². The third-order valence-corrected chi connectivity index (χ3v) is 10.2. The van der Waals surface area contributed by atoms with Crippen LogP contribution >= 0.6 is 11.6 Å². The lowest BCUT2D eigenvalue weighted by atomic mass is 9.74. The van der Waals surface area contributed by atoms with Crippen molar-refractivity contribution in [2.45, 2.75) is 57.2 Å². The van der Waals surface area contributed by atoms with Gasteiger partial charge in [-0.1, -0.05) is 17.7 Å². The number of halogens is 4. The fraction of sp³-hybridized carbons (Fsp3) is 0.444. The van der Waals surface area contributed by atoms with Crippen molar-refractivity contribution in [1.82, 2.24) is 39.7 Å². The maximum absolute atomic E-state index is 14.6. The molecular formula is C36H43ClF3N9O5. The van der Waals surface area contributed by atoms with Crippen molar-refractivity contribution >= 4 is 40.6 Å². The first kappa shape index (κ1) is 40.0. The predicted molar refractivity (Wildman–Crippen MR) is 195 cm³/mol. The number of carbonyl (C=O) groups is 3. The molecule has 2 aliphatic heterocycles. The fourth-order valence-corrected chi connectivity index (χ4v) is 7.07. The predicted octanol–water partition coefficient (Wildman–Crippen LogP) is 4.04. The Labute approximate surface area is 314 Å². The van der Waals surface area contributed by atoms with Gasteiger partial charge in [0.15, 0.2) is 11.5 Å². The minimum absolute atomic E-state index is 0.00463. The van der Waals surface area contributed by atoms with Crippen LogP contribution in [0, 0.1) is 0 Å². The average Bonchev–Trinajstić information content (AvgIpc) is 3.46. The molecule has 18 heteroatoms. The Balaban J connectivity index is 0.00000105. The summed E-state index contributed by atoms with van der Waals surface area (Å²) in [7, 11) is 5.39. The molecule has 6 rings (SSSR count). The van der Waals surface area contributed by atoms with Crippen molar-refractivity contribution in [3.05, 3.63) is 86.3 Å². The third-order valence-electron chi connectivity index (χ3n) is 9.88. The smallest absolute Gasteiger partial charge is 0.416 e. The summed E-state index contributed by atoms with van der Waals surface area (Å²) in [6.45, 7) is 3.01. The van der Waals surface area contributed by atoms with Crippen LogP contribution in [0.2, 0.25) is 5.02 Å². The zero-order valence-corrected chi connectivity index (χ0v) is 31.1. The molecule has 3 aromatic rings. The highest BCUT2D eigenvalue weighted by atomic mass is 35.5. The number of H-pyrrole nitrogens is 1. The van der Waals surface area contributed by atoms with Gasteiger partial charge in [-0.3, -0.25) is 23.9 Å². The molecule has 1 aliphatic carbocycles. The maximum Gasteiger partial charge on any atom is 0.416 e. The highest BCUT2D eigenvalue weighted by molar-refractivity contribution is 6.33. The molecule has 0 radical (unpaired) electrons. The molecule has 3 aliphatic rings. The van der Waals surface area contributed by atoms with E-state index in [0.29, 0.717) is 68.8 Å².